The fourth-order valence-corrected chi connectivity index (χ4v) is 1.32. The van der Waals surface area contributed by atoms with Crippen molar-refractivity contribution in [2.24, 2.45) is 5.73 Å². The molecular formula is C12H17N. The maximum Gasteiger partial charge on any atom is 0.0329 e. The van der Waals surface area contributed by atoms with Crippen molar-refractivity contribution in [3.63, 3.8) is 0 Å². The third kappa shape index (κ3) is 2.71. The van der Waals surface area contributed by atoms with E-state index >= 15 is 0 Å². The normalized spacial score (nSPS) is 12.5. The molecule has 0 spiro atoms. The lowest BCUT2D eigenvalue weighted by atomic mass is 10.0. The number of aryl methyl sites for hydroxylation is 1. The van der Waals surface area contributed by atoms with E-state index in [0.29, 0.717) is 0 Å². The summed E-state index contributed by atoms with van der Waals surface area (Å²) in [5, 5.41) is 0. The third-order valence-corrected chi connectivity index (χ3v) is 2.24. The summed E-state index contributed by atoms with van der Waals surface area (Å²) in [4.78, 5) is 0. The van der Waals surface area contributed by atoms with Crippen molar-refractivity contribution in [3.05, 3.63) is 48.0 Å². The second kappa shape index (κ2) is 4.83. The van der Waals surface area contributed by atoms with Crippen molar-refractivity contribution >= 4 is 0 Å². The van der Waals surface area contributed by atoms with Crippen molar-refractivity contribution in [2.75, 3.05) is 0 Å². The molecule has 0 amide bonds. The van der Waals surface area contributed by atoms with Crippen LogP contribution in [0, 0.1) is 0 Å². The second-order valence-electron chi connectivity index (χ2n) is 3.23. The van der Waals surface area contributed by atoms with Crippen LogP contribution < -0.4 is 5.73 Å². The van der Waals surface area contributed by atoms with Gasteiger partial charge in [0.1, 0.15) is 0 Å². The first-order chi connectivity index (χ1) is 6.27. The maximum absolute atomic E-state index is 5.93. The lowest BCUT2D eigenvalue weighted by Crippen LogP contribution is -2.08. The van der Waals surface area contributed by atoms with Gasteiger partial charge in [-0.2, -0.15) is 0 Å². The topological polar surface area (TPSA) is 26.0 Å². The molecule has 70 valence electrons. The maximum atomic E-state index is 5.93. The summed E-state index contributed by atoms with van der Waals surface area (Å²) in [5.41, 5.74) is 8.47. The van der Waals surface area contributed by atoms with E-state index in [1.165, 1.54) is 11.1 Å². The van der Waals surface area contributed by atoms with Gasteiger partial charge in [-0.05, 0) is 24.0 Å². The Hall–Kier alpha value is -1.08. The van der Waals surface area contributed by atoms with Crippen LogP contribution in [-0.4, -0.2) is 0 Å². The molecule has 1 rings (SSSR count). The first-order valence-electron chi connectivity index (χ1n) is 4.73. The molecular weight excluding hydrogens is 158 g/mol. The van der Waals surface area contributed by atoms with Crippen LogP contribution in [0.2, 0.25) is 0 Å². The van der Waals surface area contributed by atoms with Crippen LogP contribution in [0.1, 0.15) is 30.5 Å². The Kier molecular flexibility index (Phi) is 3.71. The highest BCUT2D eigenvalue weighted by Crippen LogP contribution is 2.15. The Bertz CT molecular complexity index is 261. The van der Waals surface area contributed by atoms with Gasteiger partial charge >= 0.3 is 0 Å². The minimum atomic E-state index is 0.100. The van der Waals surface area contributed by atoms with E-state index in [1.54, 1.807) is 0 Å². The zero-order valence-corrected chi connectivity index (χ0v) is 8.16. The highest BCUT2D eigenvalue weighted by molar-refractivity contribution is 5.25. The van der Waals surface area contributed by atoms with E-state index in [4.69, 9.17) is 5.73 Å². The van der Waals surface area contributed by atoms with Crippen LogP contribution in [0.3, 0.4) is 0 Å². The first kappa shape index (κ1) is 10.0. The summed E-state index contributed by atoms with van der Waals surface area (Å²) >= 11 is 0. The number of benzene rings is 1. The highest BCUT2D eigenvalue weighted by atomic mass is 14.6. The van der Waals surface area contributed by atoms with Gasteiger partial charge in [0.15, 0.2) is 0 Å². The average molecular weight is 175 g/mol. The highest BCUT2D eigenvalue weighted by Gasteiger charge is 2.02. The molecule has 0 radical (unpaired) electrons. The zero-order valence-electron chi connectivity index (χ0n) is 8.16. The summed E-state index contributed by atoms with van der Waals surface area (Å²) in [6, 6.07) is 8.58. The Morgan fingerprint density at radius 2 is 2.00 bits per heavy atom. The summed E-state index contributed by atoms with van der Waals surface area (Å²) in [5.74, 6) is 0. The van der Waals surface area contributed by atoms with Crippen molar-refractivity contribution < 1.29 is 0 Å². The van der Waals surface area contributed by atoms with E-state index in [2.05, 4.69) is 37.8 Å². The van der Waals surface area contributed by atoms with E-state index < -0.39 is 0 Å². The fraction of sp³-hybridized carbons (Fsp3) is 0.333. The van der Waals surface area contributed by atoms with Crippen LogP contribution in [-0.2, 0) is 6.42 Å². The van der Waals surface area contributed by atoms with Crippen molar-refractivity contribution in [3.8, 4) is 0 Å². The van der Waals surface area contributed by atoms with Gasteiger partial charge < -0.3 is 5.73 Å². The van der Waals surface area contributed by atoms with E-state index in [0.717, 1.165) is 12.8 Å². The molecule has 1 heteroatoms. The van der Waals surface area contributed by atoms with Gasteiger partial charge in [0.05, 0.1) is 0 Å². The third-order valence-electron chi connectivity index (χ3n) is 2.24. The minimum Gasteiger partial charge on any atom is -0.324 e. The molecule has 1 atom stereocenters. The Morgan fingerprint density at radius 3 is 2.46 bits per heavy atom. The molecule has 13 heavy (non-hydrogen) atoms. The number of hydrogen-bond donors (Lipinski definition) is 1. The van der Waals surface area contributed by atoms with Crippen molar-refractivity contribution in [2.45, 2.75) is 25.8 Å². The van der Waals surface area contributed by atoms with Crippen LogP contribution in [0.25, 0.3) is 0 Å². The van der Waals surface area contributed by atoms with Gasteiger partial charge in [0.25, 0.3) is 0 Å². The number of rotatable bonds is 4. The molecule has 0 aliphatic heterocycles. The monoisotopic (exact) mass is 175 g/mol. The standard InChI is InChI=1S/C12H17N/c1-3-5-12(13)11-8-6-10(4-2)7-9-11/h3,6-9,12H,1,4-5,13H2,2H3. The SMILES string of the molecule is C=CCC(N)c1ccc(CC)cc1. The van der Waals surface area contributed by atoms with Gasteiger partial charge in [0.2, 0.25) is 0 Å². The molecule has 0 heterocycles. The quantitative estimate of drug-likeness (QED) is 0.700. The molecule has 1 aromatic carbocycles. The summed E-state index contributed by atoms with van der Waals surface area (Å²) < 4.78 is 0. The van der Waals surface area contributed by atoms with Gasteiger partial charge in [-0.1, -0.05) is 37.3 Å². The van der Waals surface area contributed by atoms with Gasteiger partial charge in [-0.25, -0.2) is 0 Å². The van der Waals surface area contributed by atoms with Crippen LogP contribution in [0.5, 0.6) is 0 Å². The molecule has 1 nitrogen and oxygen atoms in total. The molecule has 1 unspecified atom stereocenters. The van der Waals surface area contributed by atoms with E-state index in [1.807, 2.05) is 6.08 Å². The molecule has 0 saturated heterocycles. The smallest absolute Gasteiger partial charge is 0.0329 e. The largest absolute Gasteiger partial charge is 0.324 e. The van der Waals surface area contributed by atoms with Crippen LogP contribution in [0.4, 0.5) is 0 Å². The lowest BCUT2D eigenvalue weighted by molar-refractivity contribution is 0.741. The van der Waals surface area contributed by atoms with E-state index in [-0.39, 0.29) is 6.04 Å². The van der Waals surface area contributed by atoms with Gasteiger partial charge in [0, 0.05) is 6.04 Å². The molecule has 0 bridgehead atoms. The van der Waals surface area contributed by atoms with Gasteiger partial charge in [-0.3, -0.25) is 0 Å². The predicted octanol–water partition coefficient (Wildman–Crippen LogP) is 2.82. The molecule has 0 saturated carbocycles. The molecule has 0 aliphatic rings. The van der Waals surface area contributed by atoms with Crippen LogP contribution in [0.15, 0.2) is 36.9 Å². The number of nitrogens with two attached hydrogens (primary N) is 1. The molecule has 2 N–H and O–H groups in total. The van der Waals surface area contributed by atoms with Gasteiger partial charge in [-0.15, -0.1) is 6.58 Å². The second-order valence-corrected chi connectivity index (χ2v) is 3.23. The summed E-state index contributed by atoms with van der Waals surface area (Å²) in [7, 11) is 0. The average Bonchev–Trinajstić information content (AvgIpc) is 2.18. The first-order valence-corrected chi connectivity index (χ1v) is 4.73. The Balaban J connectivity index is 2.73. The molecule has 0 fully saturated rings. The lowest BCUT2D eigenvalue weighted by Gasteiger charge is -2.09. The van der Waals surface area contributed by atoms with Crippen LogP contribution >= 0.6 is 0 Å². The Labute approximate surface area is 80.3 Å². The Morgan fingerprint density at radius 1 is 1.38 bits per heavy atom. The van der Waals surface area contributed by atoms with Crippen molar-refractivity contribution in [1.29, 1.82) is 0 Å². The molecule has 0 aromatic heterocycles. The predicted molar refractivity (Wildman–Crippen MR) is 57.6 cm³/mol. The van der Waals surface area contributed by atoms with Crippen molar-refractivity contribution in [1.82, 2.24) is 0 Å². The minimum absolute atomic E-state index is 0.100. The molecule has 1 aromatic rings. The number of hydrogen-bond acceptors (Lipinski definition) is 1. The summed E-state index contributed by atoms with van der Waals surface area (Å²) in [6.07, 6.45) is 3.78. The molecule has 0 aliphatic carbocycles. The fourth-order valence-electron chi connectivity index (χ4n) is 1.32. The summed E-state index contributed by atoms with van der Waals surface area (Å²) in [6.45, 7) is 5.83. The zero-order chi connectivity index (χ0) is 9.68. The van der Waals surface area contributed by atoms with E-state index in [9.17, 15) is 0 Å².